The van der Waals surface area contributed by atoms with E-state index in [1.54, 1.807) is 19.2 Å². The van der Waals surface area contributed by atoms with E-state index in [1.807, 2.05) is 30.3 Å². The number of hydrogen-bond donors (Lipinski definition) is 1. The molecule has 0 aliphatic heterocycles. The summed E-state index contributed by atoms with van der Waals surface area (Å²) in [6, 6.07) is 12.7. The van der Waals surface area contributed by atoms with Crippen LogP contribution in [-0.2, 0) is 0 Å². The summed E-state index contributed by atoms with van der Waals surface area (Å²) >= 11 is 0. The molecular formula is C12H10N4O. The van der Waals surface area contributed by atoms with Crippen molar-refractivity contribution < 1.29 is 4.74 Å². The quantitative estimate of drug-likeness (QED) is 0.867. The molecular weight excluding hydrogens is 216 g/mol. The van der Waals surface area contributed by atoms with E-state index in [1.165, 1.54) is 0 Å². The highest BCUT2D eigenvalue weighted by Gasteiger charge is 1.98. The van der Waals surface area contributed by atoms with Crippen LogP contribution >= 0.6 is 0 Å². The second-order valence-electron chi connectivity index (χ2n) is 3.27. The third-order valence-electron chi connectivity index (χ3n) is 2.14. The third kappa shape index (κ3) is 2.69. The molecule has 5 nitrogen and oxygen atoms in total. The number of ether oxygens (including phenoxy) is 1. The van der Waals surface area contributed by atoms with E-state index < -0.39 is 0 Å². The zero-order chi connectivity index (χ0) is 12.1. The van der Waals surface area contributed by atoms with Gasteiger partial charge in [-0.15, -0.1) is 10.2 Å². The highest BCUT2D eigenvalue weighted by atomic mass is 16.5. The fourth-order valence-corrected chi connectivity index (χ4v) is 1.28. The molecule has 1 aromatic heterocycles. The van der Waals surface area contributed by atoms with Crippen molar-refractivity contribution in [2.75, 3.05) is 12.4 Å². The lowest BCUT2D eigenvalue weighted by Gasteiger charge is -2.05. The number of benzene rings is 1. The molecule has 0 amide bonds. The van der Waals surface area contributed by atoms with Crippen molar-refractivity contribution in [3.05, 3.63) is 42.1 Å². The molecule has 5 heteroatoms. The molecule has 17 heavy (non-hydrogen) atoms. The monoisotopic (exact) mass is 226 g/mol. The highest BCUT2D eigenvalue weighted by Crippen LogP contribution is 2.18. The summed E-state index contributed by atoms with van der Waals surface area (Å²) in [6.07, 6.45) is 0. The summed E-state index contributed by atoms with van der Waals surface area (Å²) in [6.45, 7) is 0. The Labute approximate surface area is 98.7 Å². The second-order valence-corrected chi connectivity index (χ2v) is 3.27. The van der Waals surface area contributed by atoms with Gasteiger partial charge in [0.2, 0.25) is 0 Å². The maximum absolute atomic E-state index is 8.59. The molecule has 0 radical (unpaired) electrons. The molecule has 1 N–H and O–H groups in total. The zero-order valence-corrected chi connectivity index (χ0v) is 9.21. The summed E-state index contributed by atoms with van der Waals surface area (Å²) < 4.78 is 5.06. The van der Waals surface area contributed by atoms with Gasteiger partial charge in [-0.3, -0.25) is 0 Å². The largest absolute Gasteiger partial charge is 0.497 e. The van der Waals surface area contributed by atoms with Crippen LogP contribution in [0.1, 0.15) is 5.69 Å². The molecule has 0 aliphatic carbocycles. The lowest BCUT2D eigenvalue weighted by atomic mass is 10.3. The van der Waals surface area contributed by atoms with E-state index in [9.17, 15) is 0 Å². The minimum atomic E-state index is 0.297. The van der Waals surface area contributed by atoms with Crippen LogP contribution in [0.15, 0.2) is 36.4 Å². The predicted octanol–water partition coefficient (Wildman–Crippen LogP) is 2.10. The van der Waals surface area contributed by atoms with Crippen LogP contribution in [0.25, 0.3) is 0 Å². The average molecular weight is 226 g/mol. The van der Waals surface area contributed by atoms with E-state index in [0.717, 1.165) is 11.4 Å². The van der Waals surface area contributed by atoms with Gasteiger partial charge in [0.1, 0.15) is 11.8 Å². The van der Waals surface area contributed by atoms with Crippen molar-refractivity contribution in [1.29, 1.82) is 5.26 Å². The first-order chi connectivity index (χ1) is 8.31. The van der Waals surface area contributed by atoms with Crippen molar-refractivity contribution in [2.24, 2.45) is 0 Å². The highest BCUT2D eigenvalue weighted by molar-refractivity contribution is 5.56. The summed E-state index contributed by atoms with van der Waals surface area (Å²) in [5.41, 5.74) is 1.18. The lowest BCUT2D eigenvalue weighted by molar-refractivity contribution is 0.415. The van der Waals surface area contributed by atoms with Gasteiger partial charge in [0.25, 0.3) is 0 Å². The summed E-state index contributed by atoms with van der Waals surface area (Å²) in [7, 11) is 1.62. The summed E-state index contributed by atoms with van der Waals surface area (Å²) in [5, 5.41) is 19.3. The number of nitrogens with one attached hydrogen (secondary N) is 1. The van der Waals surface area contributed by atoms with E-state index in [4.69, 9.17) is 10.00 Å². The van der Waals surface area contributed by atoms with Crippen molar-refractivity contribution in [3.8, 4) is 11.8 Å². The van der Waals surface area contributed by atoms with Crippen molar-refractivity contribution in [2.45, 2.75) is 0 Å². The third-order valence-corrected chi connectivity index (χ3v) is 2.14. The van der Waals surface area contributed by atoms with E-state index in [0.29, 0.717) is 11.5 Å². The van der Waals surface area contributed by atoms with Gasteiger partial charge >= 0.3 is 0 Å². The predicted molar refractivity (Wildman–Crippen MR) is 63.0 cm³/mol. The number of nitriles is 1. The molecule has 0 fully saturated rings. The first-order valence-electron chi connectivity index (χ1n) is 4.97. The molecule has 1 heterocycles. The molecule has 0 unspecified atom stereocenters. The molecule has 0 saturated carbocycles. The Hall–Kier alpha value is -2.61. The van der Waals surface area contributed by atoms with Crippen LogP contribution in [0.4, 0.5) is 11.5 Å². The van der Waals surface area contributed by atoms with Crippen molar-refractivity contribution in [1.82, 2.24) is 10.2 Å². The van der Waals surface area contributed by atoms with Crippen LogP contribution in [0.3, 0.4) is 0 Å². The molecule has 0 atom stereocenters. The Bertz CT molecular complexity index is 528. The van der Waals surface area contributed by atoms with Crippen LogP contribution in [-0.4, -0.2) is 17.3 Å². The number of rotatable bonds is 3. The topological polar surface area (TPSA) is 70.8 Å². The SMILES string of the molecule is COc1ccc(Nc2ccc(C#N)nn2)cc1. The standard InChI is InChI=1S/C12H10N4O/c1-17-11-5-2-9(3-6-11)14-12-7-4-10(8-13)15-16-12/h2-7H,1H3,(H,14,16). The van der Waals surface area contributed by atoms with Crippen LogP contribution in [0, 0.1) is 11.3 Å². The van der Waals surface area contributed by atoms with Crippen molar-refractivity contribution in [3.63, 3.8) is 0 Å². The van der Waals surface area contributed by atoms with Gasteiger partial charge in [0.05, 0.1) is 7.11 Å². The minimum Gasteiger partial charge on any atom is -0.497 e. The molecule has 84 valence electrons. The smallest absolute Gasteiger partial charge is 0.163 e. The number of hydrogen-bond acceptors (Lipinski definition) is 5. The Balaban J connectivity index is 2.11. The van der Waals surface area contributed by atoms with Crippen LogP contribution in [0.5, 0.6) is 5.75 Å². The van der Waals surface area contributed by atoms with Gasteiger partial charge in [0.15, 0.2) is 11.5 Å². The van der Waals surface area contributed by atoms with Gasteiger partial charge in [0, 0.05) is 5.69 Å². The van der Waals surface area contributed by atoms with Gasteiger partial charge in [-0.1, -0.05) is 0 Å². The molecule has 2 aromatic rings. The molecule has 0 aliphatic rings. The maximum atomic E-state index is 8.59. The fraction of sp³-hybridized carbons (Fsp3) is 0.0833. The number of methoxy groups -OCH3 is 1. The van der Waals surface area contributed by atoms with Gasteiger partial charge < -0.3 is 10.1 Å². The average Bonchev–Trinajstić information content (AvgIpc) is 2.40. The molecule has 2 rings (SSSR count). The number of anilines is 2. The fourth-order valence-electron chi connectivity index (χ4n) is 1.28. The first kappa shape index (κ1) is 10.9. The van der Waals surface area contributed by atoms with Gasteiger partial charge in [-0.25, -0.2) is 0 Å². The van der Waals surface area contributed by atoms with Crippen LogP contribution < -0.4 is 10.1 Å². The van der Waals surface area contributed by atoms with Crippen LogP contribution in [0.2, 0.25) is 0 Å². The molecule has 0 spiro atoms. The van der Waals surface area contributed by atoms with E-state index >= 15 is 0 Å². The Morgan fingerprint density at radius 1 is 1.12 bits per heavy atom. The van der Waals surface area contributed by atoms with Crippen molar-refractivity contribution >= 4 is 11.5 Å². The number of nitrogens with zero attached hydrogens (tertiary/aromatic N) is 3. The van der Waals surface area contributed by atoms with E-state index in [2.05, 4.69) is 15.5 Å². The number of aromatic nitrogens is 2. The normalized spacial score (nSPS) is 9.41. The maximum Gasteiger partial charge on any atom is 0.163 e. The molecule has 0 bridgehead atoms. The Kier molecular flexibility index (Phi) is 3.17. The molecule has 1 aromatic carbocycles. The molecule has 0 saturated heterocycles. The van der Waals surface area contributed by atoms with Gasteiger partial charge in [-0.05, 0) is 36.4 Å². The Morgan fingerprint density at radius 3 is 2.41 bits per heavy atom. The second kappa shape index (κ2) is 4.94. The first-order valence-corrected chi connectivity index (χ1v) is 4.97. The zero-order valence-electron chi connectivity index (χ0n) is 9.21. The Morgan fingerprint density at radius 2 is 1.88 bits per heavy atom. The minimum absolute atomic E-state index is 0.297. The summed E-state index contributed by atoms with van der Waals surface area (Å²) in [4.78, 5) is 0. The van der Waals surface area contributed by atoms with Gasteiger partial charge in [-0.2, -0.15) is 5.26 Å². The lowest BCUT2D eigenvalue weighted by Crippen LogP contribution is -1.96. The van der Waals surface area contributed by atoms with E-state index in [-0.39, 0.29) is 0 Å². The summed E-state index contributed by atoms with van der Waals surface area (Å²) in [5.74, 6) is 1.38.